The zero-order valence-corrected chi connectivity index (χ0v) is 14.2. The monoisotopic (exact) mass is 343 g/mol. The topological polar surface area (TPSA) is 84.9 Å². The second-order valence-corrected chi connectivity index (χ2v) is 5.37. The largest absolute Gasteiger partial charge is 0.497 e. The Morgan fingerprint density at radius 3 is 2.16 bits per heavy atom. The molecule has 2 rings (SSSR count). The van der Waals surface area contributed by atoms with Gasteiger partial charge in [-0.1, -0.05) is 24.3 Å². The number of hydrogen-bond donors (Lipinski definition) is 2. The van der Waals surface area contributed by atoms with Gasteiger partial charge in [0.25, 0.3) is 0 Å². The predicted octanol–water partition coefficient (Wildman–Crippen LogP) is 2.58. The summed E-state index contributed by atoms with van der Waals surface area (Å²) in [7, 11) is 1.53. The molecule has 6 nitrogen and oxygen atoms in total. The van der Waals surface area contributed by atoms with E-state index in [-0.39, 0.29) is 12.3 Å². The van der Waals surface area contributed by atoms with E-state index in [0.717, 1.165) is 11.3 Å². The van der Waals surface area contributed by atoms with Gasteiger partial charge >= 0.3 is 5.97 Å². The SMILES string of the molecule is CCOc1ccc(CC(=O)NC(C(=O)O)c2ccc(OC)cc2)cc1. The van der Waals surface area contributed by atoms with Crippen LogP contribution in [0.1, 0.15) is 24.1 Å². The number of carbonyl (C=O) groups excluding carboxylic acids is 1. The molecular formula is C19H21NO5. The van der Waals surface area contributed by atoms with Gasteiger partial charge in [-0.3, -0.25) is 4.79 Å². The van der Waals surface area contributed by atoms with E-state index in [4.69, 9.17) is 9.47 Å². The summed E-state index contributed by atoms with van der Waals surface area (Å²) in [5, 5.41) is 11.9. The first-order chi connectivity index (χ1) is 12.0. The number of amides is 1. The third kappa shape index (κ3) is 5.24. The Morgan fingerprint density at radius 2 is 1.64 bits per heavy atom. The summed E-state index contributed by atoms with van der Waals surface area (Å²) < 4.78 is 10.4. The van der Waals surface area contributed by atoms with E-state index in [1.54, 1.807) is 48.5 Å². The molecule has 2 aromatic rings. The Labute approximate surface area is 146 Å². The van der Waals surface area contributed by atoms with E-state index >= 15 is 0 Å². The first-order valence-corrected chi connectivity index (χ1v) is 7.91. The lowest BCUT2D eigenvalue weighted by Gasteiger charge is -2.15. The highest BCUT2D eigenvalue weighted by Crippen LogP contribution is 2.18. The fourth-order valence-electron chi connectivity index (χ4n) is 2.35. The average Bonchev–Trinajstić information content (AvgIpc) is 2.61. The molecule has 2 N–H and O–H groups in total. The van der Waals surface area contributed by atoms with Gasteiger partial charge < -0.3 is 19.9 Å². The van der Waals surface area contributed by atoms with Gasteiger partial charge in [0.05, 0.1) is 20.1 Å². The lowest BCUT2D eigenvalue weighted by molar-refractivity contribution is -0.141. The number of carbonyl (C=O) groups is 2. The van der Waals surface area contributed by atoms with Crippen LogP contribution < -0.4 is 14.8 Å². The van der Waals surface area contributed by atoms with Crippen molar-refractivity contribution in [2.75, 3.05) is 13.7 Å². The third-order valence-corrected chi connectivity index (χ3v) is 3.60. The van der Waals surface area contributed by atoms with Crippen LogP contribution in [0.25, 0.3) is 0 Å². The first kappa shape index (κ1) is 18.3. The Hall–Kier alpha value is -3.02. The summed E-state index contributed by atoms with van der Waals surface area (Å²) in [4.78, 5) is 23.7. The quantitative estimate of drug-likeness (QED) is 0.769. The molecule has 0 aliphatic rings. The standard InChI is InChI=1S/C19H21NO5/c1-3-25-16-8-4-13(5-9-16)12-17(21)20-18(19(22)23)14-6-10-15(24-2)11-7-14/h4-11,18H,3,12H2,1-2H3,(H,20,21)(H,22,23). The van der Waals surface area contributed by atoms with Crippen LogP contribution in [0.15, 0.2) is 48.5 Å². The molecule has 2 aromatic carbocycles. The minimum absolute atomic E-state index is 0.0896. The summed E-state index contributed by atoms with van der Waals surface area (Å²) in [6.07, 6.45) is 0.0896. The van der Waals surface area contributed by atoms with Gasteiger partial charge in [-0.15, -0.1) is 0 Å². The van der Waals surface area contributed by atoms with E-state index in [1.165, 1.54) is 7.11 Å². The number of nitrogens with one attached hydrogen (secondary N) is 1. The van der Waals surface area contributed by atoms with E-state index in [1.807, 2.05) is 6.92 Å². The summed E-state index contributed by atoms with van der Waals surface area (Å²) in [5.74, 6) is -0.139. The number of ether oxygens (including phenoxy) is 2. The molecule has 0 spiro atoms. The maximum absolute atomic E-state index is 12.2. The second-order valence-electron chi connectivity index (χ2n) is 5.37. The van der Waals surface area contributed by atoms with Crippen LogP contribution in [0.2, 0.25) is 0 Å². The third-order valence-electron chi connectivity index (χ3n) is 3.60. The van der Waals surface area contributed by atoms with E-state index in [0.29, 0.717) is 17.9 Å². The van der Waals surface area contributed by atoms with Crippen LogP contribution in [-0.2, 0) is 16.0 Å². The van der Waals surface area contributed by atoms with Crippen LogP contribution in [0.3, 0.4) is 0 Å². The molecular weight excluding hydrogens is 322 g/mol. The van der Waals surface area contributed by atoms with Gasteiger partial charge in [0.2, 0.25) is 5.91 Å². The molecule has 0 aliphatic carbocycles. The van der Waals surface area contributed by atoms with Gasteiger partial charge in [-0.05, 0) is 42.3 Å². The second kappa shape index (κ2) is 8.73. The number of benzene rings is 2. The normalized spacial score (nSPS) is 11.4. The maximum Gasteiger partial charge on any atom is 0.330 e. The van der Waals surface area contributed by atoms with Crippen molar-refractivity contribution in [3.8, 4) is 11.5 Å². The number of hydrogen-bond acceptors (Lipinski definition) is 4. The molecule has 0 fully saturated rings. The molecule has 25 heavy (non-hydrogen) atoms. The zero-order valence-electron chi connectivity index (χ0n) is 14.2. The van der Waals surface area contributed by atoms with Crippen molar-refractivity contribution >= 4 is 11.9 Å². The summed E-state index contributed by atoms with van der Waals surface area (Å²) in [6, 6.07) is 12.6. The maximum atomic E-state index is 12.2. The lowest BCUT2D eigenvalue weighted by Crippen LogP contribution is -2.34. The van der Waals surface area contributed by atoms with Crippen molar-refractivity contribution < 1.29 is 24.2 Å². The van der Waals surface area contributed by atoms with E-state index < -0.39 is 12.0 Å². The smallest absolute Gasteiger partial charge is 0.330 e. The van der Waals surface area contributed by atoms with Gasteiger partial charge in [0.1, 0.15) is 11.5 Å². The molecule has 1 atom stereocenters. The van der Waals surface area contributed by atoms with Crippen molar-refractivity contribution in [3.63, 3.8) is 0 Å². The first-order valence-electron chi connectivity index (χ1n) is 7.91. The van der Waals surface area contributed by atoms with E-state index in [2.05, 4.69) is 5.32 Å². The summed E-state index contributed by atoms with van der Waals surface area (Å²) >= 11 is 0. The number of carboxylic acid groups (broad SMARTS) is 1. The molecule has 0 heterocycles. The Kier molecular flexibility index (Phi) is 6.39. The molecule has 0 aromatic heterocycles. The van der Waals surface area contributed by atoms with Crippen molar-refractivity contribution in [2.24, 2.45) is 0 Å². The molecule has 6 heteroatoms. The van der Waals surface area contributed by atoms with Crippen molar-refractivity contribution in [2.45, 2.75) is 19.4 Å². The molecule has 1 unspecified atom stereocenters. The summed E-state index contributed by atoms with van der Waals surface area (Å²) in [6.45, 7) is 2.47. The van der Waals surface area contributed by atoms with Crippen LogP contribution >= 0.6 is 0 Å². The average molecular weight is 343 g/mol. The highest BCUT2D eigenvalue weighted by Gasteiger charge is 2.22. The van der Waals surface area contributed by atoms with Crippen molar-refractivity contribution in [1.29, 1.82) is 0 Å². The molecule has 0 aliphatic heterocycles. The number of aliphatic carboxylic acids is 1. The van der Waals surface area contributed by atoms with Crippen LogP contribution in [-0.4, -0.2) is 30.7 Å². The number of carboxylic acids is 1. The molecule has 132 valence electrons. The fourth-order valence-corrected chi connectivity index (χ4v) is 2.35. The molecule has 0 radical (unpaired) electrons. The Balaban J connectivity index is 2.03. The van der Waals surface area contributed by atoms with Crippen LogP contribution in [0.5, 0.6) is 11.5 Å². The van der Waals surface area contributed by atoms with Gasteiger partial charge in [-0.25, -0.2) is 4.79 Å². The Bertz CT molecular complexity index is 710. The van der Waals surface area contributed by atoms with Gasteiger partial charge in [-0.2, -0.15) is 0 Å². The van der Waals surface area contributed by atoms with Crippen LogP contribution in [0, 0.1) is 0 Å². The highest BCUT2D eigenvalue weighted by molar-refractivity contribution is 5.85. The molecule has 0 saturated heterocycles. The fraction of sp³-hybridized carbons (Fsp3) is 0.263. The molecule has 0 bridgehead atoms. The van der Waals surface area contributed by atoms with Gasteiger partial charge in [0, 0.05) is 0 Å². The van der Waals surface area contributed by atoms with E-state index in [9.17, 15) is 14.7 Å². The Morgan fingerprint density at radius 1 is 1.04 bits per heavy atom. The van der Waals surface area contributed by atoms with Gasteiger partial charge in [0.15, 0.2) is 6.04 Å². The zero-order chi connectivity index (χ0) is 18.2. The molecule has 1 amide bonds. The molecule has 0 saturated carbocycles. The van der Waals surface area contributed by atoms with Crippen molar-refractivity contribution in [3.05, 3.63) is 59.7 Å². The predicted molar refractivity (Wildman–Crippen MR) is 92.8 cm³/mol. The minimum Gasteiger partial charge on any atom is -0.497 e. The van der Waals surface area contributed by atoms with Crippen molar-refractivity contribution in [1.82, 2.24) is 5.32 Å². The summed E-state index contributed by atoms with van der Waals surface area (Å²) in [5.41, 5.74) is 1.26. The number of methoxy groups -OCH3 is 1. The number of rotatable bonds is 8. The highest BCUT2D eigenvalue weighted by atomic mass is 16.5. The minimum atomic E-state index is -1.12. The van der Waals surface area contributed by atoms with Crippen LogP contribution in [0.4, 0.5) is 0 Å². The lowest BCUT2D eigenvalue weighted by atomic mass is 10.1.